The number of amides is 1. The molecule has 2 saturated heterocycles. The van der Waals surface area contributed by atoms with Gasteiger partial charge in [0, 0.05) is 77.1 Å². The molecule has 143 valence electrons. The van der Waals surface area contributed by atoms with E-state index in [-0.39, 0.29) is 31.8 Å². The Morgan fingerprint density at radius 1 is 1.00 bits per heavy atom. The van der Waals surface area contributed by atoms with Gasteiger partial charge in [-0.15, -0.1) is 0 Å². The third-order valence-corrected chi connectivity index (χ3v) is 5.36. The van der Waals surface area contributed by atoms with E-state index in [0.717, 1.165) is 71.7 Å². The molecule has 3 radical (unpaired) electrons. The summed E-state index contributed by atoms with van der Waals surface area (Å²) in [5, 5.41) is 0. The Hall–Kier alpha value is 0.220. The Kier molecular flexibility index (Phi) is 11.0. The molecule has 0 bridgehead atoms. The minimum absolute atomic E-state index is 0. The van der Waals surface area contributed by atoms with Crippen molar-refractivity contribution in [1.29, 1.82) is 0 Å². The summed E-state index contributed by atoms with van der Waals surface area (Å²) in [6.07, 6.45) is 3.47. The van der Waals surface area contributed by atoms with E-state index in [9.17, 15) is 4.79 Å². The second-order valence-corrected chi connectivity index (χ2v) is 7.84. The topological polar surface area (TPSA) is 36.0 Å². The van der Waals surface area contributed by atoms with E-state index >= 15 is 0 Å². The molecule has 2 heterocycles. The maximum Gasteiger partial charge on any atom is 0.225 e. The standard InChI is InChI=1S/C19H37N3O2.In/c1-16(2)21-9-6-18(7-10-21)19(23)22-13-11-20(12-14-22)8-5-15-24-17(3)4;/h16-18H,5-15H2,1-4H3;. The van der Waals surface area contributed by atoms with Crippen LogP contribution in [0.15, 0.2) is 0 Å². The van der Waals surface area contributed by atoms with Crippen LogP contribution < -0.4 is 0 Å². The Morgan fingerprint density at radius 2 is 1.60 bits per heavy atom. The predicted octanol–water partition coefficient (Wildman–Crippen LogP) is 1.69. The largest absolute Gasteiger partial charge is 0.379 e. The smallest absolute Gasteiger partial charge is 0.225 e. The number of carbonyl (C=O) groups excluding carboxylic acids is 1. The Labute approximate surface area is 173 Å². The number of piperazine rings is 1. The van der Waals surface area contributed by atoms with E-state index < -0.39 is 0 Å². The van der Waals surface area contributed by atoms with Crippen LogP contribution in [0.25, 0.3) is 0 Å². The number of nitrogens with zero attached hydrogens (tertiary/aromatic N) is 3. The summed E-state index contributed by atoms with van der Waals surface area (Å²) in [5.41, 5.74) is 0. The number of piperidine rings is 1. The fourth-order valence-electron chi connectivity index (χ4n) is 3.72. The zero-order valence-corrected chi connectivity index (χ0v) is 20.0. The minimum Gasteiger partial charge on any atom is -0.379 e. The summed E-state index contributed by atoms with van der Waals surface area (Å²) in [5.74, 6) is 0.659. The molecule has 0 aromatic rings. The second kappa shape index (κ2) is 11.8. The number of rotatable bonds is 7. The van der Waals surface area contributed by atoms with Crippen LogP contribution in [-0.4, -0.2) is 111 Å². The molecular weight excluding hydrogens is 417 g/mol. The van der Waals surface area contributed by atoms with Gasteiger partial charge < -0.3 is 14.5 Å². The molecule has 2 rings (SSSR count). The van der Waals surface area contributed by atoms with Crippen LogP contribution in [0, 0.1) is 5.92 Å². The molecule has 0 saturated carbocycles. The molecule has 25 heavy (non-hydrogen) atoms. The molecule has 2 fully saturated rings. The van der Waals surface area contributed by atoms with Gasteiger partial charge in [0.2, 0.25) is 5.91 Å². The van der Waals surface area contributed by atoms with Crippen molar-refractivity contribution in [3.8, 4) is 0 Å². The molecule has 0 aromatic carbocycles. The summed E-state index contributed by atoms with van der Waals surface area (Å²) in [6, 6.07) is 0.601. The van der Waals surface area contributed by atoms with E-state index in [1.807, 2.05) is 0 Å². The molecule has 0 spiro atoms. The molecule has 5 nitrogen and oxygen atoms in total. The van der Waals surface area contributed by atoms with Crippen LogP contribution in [0.5, 0.6) is 0 Å². The molecular formula is C19H37InN3O2. The van der Waals surface area contributed by atoms with Crippen molar-refractivity contribution in [3.63, 3.8) is 0 Å². The molecule has 6 heteroatoms. The first kappa shape index (κ1) is 23.3. The van der Waals surface area contributed by atoms with Crippen molar-refractivity contribution in [2.75, 3.05) is 52.4 Å². The van der Waals surface area contributed by atoms with Gasteiger partial charge in [0.15, 0.2) is 0 Å². The van der Waals surface area contributed by atoms with Gasteiger partial charge in [0.05, 0.1) is 6.10 Å². The zero-order chi connectivity index (χ0) is 17.5. The first-order valence-electron chi connectivity index (χ1n) is 9.84. The van der Waals surface area contributed by atoms with E-state index in [0.29, 0.717) is 18.1 Å². The molecule has 0 aliphatic carbocycles. The summed E-state index contributed by atoms with van der Waals surface area (Å²) in [7, 11) is 0. The molecule has 0 unspecified atom stereocenters. The molecule has 0 N–H and O–H groups in total. The van der Waals surface area contributed by atoms with Gasteiger partial charge >= 0.3 is 0 Å². The van der Waals surface area contributed by atoms with Crippen LogP contribution in [0.2, 0.25) is 0 Å². The van der Waals surface area contributed by atoms with Gasteiger partial charge in [-0.2, -0.15) is 0 Å². The van der Waals surface area contributed by atoms with Crippen molar-refractivity contribution in [2.24, 2.45) is 5.92 Å². The molecule has 0 aromatic heterocycles. The Balaban J connectivity index is 0.00000312. The van der Waals surface area contributed by atoms with Crippen molar-refractivity contribution < 1.29 is 9.53 Å². The average molecular weight is 454 g/mol. The Morgan fingerprint density at radius 3 is 2.12 bits per heavy atom. The minimum atomic E-state index is 0. The molecule has 2 aliphatic rings. The molecule has 2 aliphatic heterocycles. The fraction of sp³-hybridized carbons (Fsp3) is 0.947. The SMILES string of the molecule is CC(C)OCCCN1CCN(C(=O)C2CCN(C(C)C)CC2)CC1.[In]. The van der Waals surface area contributed by atoms with Gasteiger partial charge in [0.25, 0.3) is 0 Å². The van der Waals surface area contributed by atoms with E-state index in [1.165, 1.54) is 0 Å². The first-order valence-corrected chi connectivity index (χ1v) is 9.84. The zero-order valence-electron chi connectivity index (χ0n) is 16.7. The number of hydrogen-bond acceptors (Lipinski definition) is 4. The summed E-state index contributed by atoms with van der Waals surface area (Å²) in [4.78, 5) is 19.8. The predicted molar refractivity (Wildman–Crippen MR) is 104 cm³/mol. The number of hydrogen-bond donors (Lipinski definition) is 0. The van der Waals surface area contributed by atoms with Gasteiger partial charge in [0.1, 0.15) is 0 Å². The third-order valence-electron chi connectivity index (χ3n) is 5.36. The van der Waals surface area contributed by atoms with Crippen LogP contribution in [0.3, 0.4) is 0 Å². The van der Waals surface area contributed by atoms with Crippen LogP contribution in [-0.2, 0) is 9.53 Å². The van der Waals surface area contributed by atoms with Gasteiger partial charge in [-0.3, -0.25) is 9.69 Å². The molecule has 0 atom stereocenters. The maximum atomic E-state index is 12.7. The summed E-state index contributed by atoms with van der Waals surface area (Å²) in [6.45, 7) is 16.5. The number of carbonyl (C=O) groups is 1. The van der Waals surface area contributed by atoms with Gasteiger partial charge in [-0.1, -0.05) is 0 Å². The maximum absolute atomic E-state index is 12.7. The van der Waals surface area contributed by atoms with Gasteiger partial charge in [-0.25, -0.2) is 0 Å². The normalized spacial score (nSPS) is 21.0. The first-order chi connectivity index (χ1) is 11.5. The van der Waals surface area contributed by atoms with Crippen LogP contribution in [0.1, 0.15) is 47.0 Å². The average Bonchev–Trinajstić information content (AvgIpc) is 2.58. The van der Waals surface area contributed by atoms with Crippen molar-refractivity contribution in [1.82, 2.24) is 14.7 Å². The number of likely N-dealkylation sites (tertiary alicyclic amines) is 1. The molecule has 1 amide bonds. The second-order valence-electron chi connectivity index (χ2n) is 7.84. The summed E-state index contributed by atoms with van der Waals surface area (Å²) >= 11 is 0. The monoisotopic (exact) mass is 454 g/mol. The van der Waals surface area contributed by atoms with Crippen LogP contribution in [0.4, 0.5) is 0 Å². The van der Waals surface area contributed by atoms with Gasteiger partial charge in [-0.05, 0) is 60.0 Å². The fourth-order valence-corrected chi connectivity index (χ4v) is 3.72. The van der Waals surface area contributed by atoms with Crippen molar-refractivity contribution >= 4 is 31.8 Å². The Bertz CT molecular complexity index is 377. The van der Waals surface area contributed by atoms with E-state index in [2.05, 4.69) is 42.4 Å². The quantitative estimate of drug-likeness (QED) is 0.549. The van der Waals surface area contributed by atoms with Crippen molar-refractivity contribution in [2.45, 2.75) is 59.1 Å². The van der Waals surface area contributed by atoms with Crippen molar-refractivity contribution in [3.05, 3.63) is 0 Å². The number of ether oxygens (including phenoxy) is 1. The van der Waals surface area contributed by atoms with E-state index in [1.54, 1.807) is 0 Å². The summed E-state index contributed by atoms with van der Waals surface area (Å²) < 4.78 is 5.60. The van der Waals surface area contributed by atoms with Crippen LogP contribution >= 0.6 is 0 Å². The third kappa shape index (κ3) is 7.77. The van der Waals surface area contributed by atoms with E-state index in [4.69, 9.17) is 4.74 Å².